The molecular formula is C23H25ClN2O2S. The van der Waals surface area contributed by atoms with Crippen LogP contribution in [0.15, 0.2) is 47.8 Å². The highest BCUT2D eigenvalue weighted by Crippen LogP contribution is 2.22. The summed E-state index contributed by atoms with van der Waals surface area (Å²) in [6, 6.07) is 13.9. The van der Waals surface area contributed by atoms with E-state index in [0.29, 0.717) is 6.61 Å². The summed E-state index contributed by atoms with van der Waals surface area (Å²) < 4.78 is 5.78. The van der Waals surface area contributed by atoms with Gasteiger partial charge >= 0.3 is 0 Å². The number of nitrogens with zero attached hydrogens (tertiary/aromatic N) is 1. The van der Waals surface area contributed by atoms with Gasteiger partial charge in [-0.3, -0.25) is 4.79 Å². The lowest BCUT2D eigenvalue weighted by molar-refractivity contribution is -0.121. The molecule has 2 aromatic carbocycles. The Bertz CT molecular complexity index is 969. The summed E-state index contributed by atoms with van der Waals surface area (Å²) in [4.78, 5) is 16.9. The van der Waals surface area contributed by atoms with Gasteiger partial charge in [0.1, 0.15) is 17.4 Å². The predicted molar refractivity (Wildman–Crippen MR) is 119 cm³/mol. The lowest BCUT2D eigenvalue weighted by atomic mass is 10.0. The highest BCUT2D eigenvalue weighted by Gasteiger charge is 2.12. The Morgan fingerprint density at radius 3 is 2.69 bits per heavy atom. The number of benzene rings is 2. The maximum Gasteiger partial charge on any atom is 0.226 e. The Labute approximate surface area is 180 Å². The van der Waals surface area contributed by atoms with Crippen molar-refractivity contribution in [1.29, 1.82) is 0 Å². The number of hydrogen-bond donors (Lipinski definition) is 1. The Balaban J connectivity index is 1.50. The van der Waals surface area contributed by atoms with Crippen molar-refractivity contribution < 1.29 is 9.53 Å². The van der Waals surface area contributed by atoms with Crippen molar-refractivity contribution in [3.05, 3.63) is 80.3 Å². The summed E-state index contributed by atoms with van der Waals surface area (Å²) in [7, 11) is 0. The number of halogens is 1. The first-order valence-corrected chi connectivity index (χ1v) is 10.9. The van der Waals surface area contributed by atoms with E-state index in [2.05, 4.69) is 41.5 Å². The molecule has 0 spiro atoms. The Morgan fingerprint density at radius 2 is 2.00 bits per heavy atom. The van der Waals surface area contributed by atoms with Crippen molar-refractivity contribution in [2.75, 3.05) is 0 Å². The average molecular weight is 429 g/mol. The van der Waals surface area contributed by atoms with E-state index in [0.717, 1.165) is 39.0 Å². The molecule has 0 unspecified atom stereocenters. The summed E-state index contributed by atoms with van der Waals surface area (Å²) >= 11 is 7.53. The van der Waals surface area contributed by atoms with E-state index < -0.39 is 0 Å². The number of aryl methyl sites for hydroxylation is 2. The smallest absolute Gasteiger partial charge is 0.226 e. The molecule has 1 amide bonds. The van der Waals surface area contributed by atoms with Crippen LogP contribution >= 0.6 is 22.9 Å². The molecule has 0 aliphatic heterocycles. The number of hydrogen-bond acceptors (Lipinski definition) is 4. The molecule has 3 rings (SSSR count). The topological polar surface area (TPSA) is 51.2 Å². The van der Waals surface area contributed by atoms with Gasteiger partial charge in [-0.2, -0.15) is 0 Å². The standard InChI is InChI=1S/C23H25ClN2O2S/c1-4-17-5-7-18(8-6-17)16(3)25-22(27)12-19-14-29-23(26-19)13-28-20-9-10-21(24)15(2)11-20/h5-11,14,16H,4,12-13H2,1-3H3,(H,25,27)/t16-/m1/s1. The molecule has 0 aliphatic carbocycles. The molecule has 1 N–H and O–H groups in total. The van der Waals surface area contributed by atoms with Crippen molar-refractivity contribution in [3.8, 4) is 5.75 Å². The summed E-state index contributed by atoms with van der Waals surface area (Å²) in [5.74, 6) is 0.715. The van der Waals surface area contributed by atoms with Gasteiger partial charge in [-0.25, -0.2) is 4.98 Å². The zero-order valence-corrected chi connectivity index (χ0v) is 18.4. The Morgan fingerprint density at radius 1 is 1.24 bits per heavy atom. The summed E-state index contributed by atoms with van der Waals surface area (Å²) in [6.07, 6.45) is 1.27. The van der Waals surface area contributed by atoms with E-state index in [4.69, 9.17) is 16.3 Å². The highest BCUT2D eigenvalue weighted by atomic mass is 35.5. The number of thiazole rings is 1. The molecule has 0 saturated carbocycles. The summed E-state index contributed by atoms with van der Waals surface area (Å²) in [5, 5.41) is 6.51. The van der Waals surface area contributed by atoms with Gasteiger partial charge in [-0.1, -0.05) is 42.8 Å². The van der Waals surface area contributed by atoms with E-state index in [1.807, 2.05) is 37.4 Å². The minimum Gasteiger partial charge on any atom is -0.486 e. The van der Waals surface area contributed by atoms with Gasteiger partial charge < -0.3 is 10.1 Å². The SMILES string of the molecule is CCc1ccc([C@@H](C)NC(=O)Cc2csc(COc3ccc(Cl)c(C)c3)n2)cc1. The van der Waals surface area contributed by atoms with Gasteiger partial charge in [0.25, 0.3) is 0 Å². The van der Waals surface area contributed by atoms with Crippen molar-refractivity contribution in [2.45, 2.75) is 46.3 Å². The maximum atomic E-state index is 12.4. The van der Waals surface area contributed by atoms with Gasteiger partial charge in [0.15, 0.2) is 0 Å². The van der Waals surface area contributed by atoms with Crippen LogP contribution in [-0.4, -0.2) is 10.9 Å². The maximum absolute atomic E-state index is 12.4. The van der Waals surface area contributed by atoms with Crippen LogP contribution in [-0.2, 0) is 24.2 Å². The molecule has 0 aliphatic rings. The van der Waals surface area contributed by atoms with Crippen LogP contribution in [0.1, 0.15) is 47.3 Å². The van der Waals surface area contributed by atoms with E-state index in [-0.39, 0.29) is 18.4 Å². The predicted octanol–water partition coefficient (Wildman–Crippen LogP) is 5.67. The van der Waals surface area contributed by atoms with Crippen LogP contribution in [0.2, 0.25) is 5.02 Å². The second kappa shape index (κ2) is 9.90. The molecule has 3 aromatic rings. The second-order valence-corrected chi connectivity index (χ2v) is 8.34. The third-order valence-corrected chi connectivity index (χ3v) is 5.99. The molecule has 0 bridgehead atoms. The molecule has 1 aromatic heterocycles. The fourth-order valence-electron chi connectivity index (χ4n) is 2.93. The Hall–Kier alpha value is -2.37. The van der Waals surface area contributed by atoms with E-state index in [1.165, 1.54) is 16.9 Å². The lowest BCUT2D eigenvalue weighted by Gasteiger charge is -2.14. The average Bonchev–Trinajstić information content (AvgIpc) is 3.16. The van der Waals surface area contributed by atoms with Crippen LogP contribution in [0.5, 0.6) is 5.75 Å². The quantitative estimate of drug-likeness (QED) is 0.503. The van der Waals surface area contributed by atoms with Crippen molar-refractivity contribution in [3.63, 3.8) is 0 Å². The van der Waals surface area contributed by atoms with Crippen LogP contribution in [0.4, 0.5) is 0 Å². The molecule has 152 valence electrons. The monoisotopic (exact) mass is 428 g/mol. The first-order chi connectivity index (χ1) is 13.9. The van der Waals surface area contributed by atoms with Gasteiger partial charge in [0, 0.05) is 10.4 Å². The zero-order chi connectivity index (χ0) is 20.8. The number of amides is 1. The Kier molecular flexibility index (Phi) is 7.29. The molecule has 4 nitrogen and oxygen atoms in total. The second-order valence-electron chi connectivity index (χ2n) is 6.99. The number of carbonyl (C=O) groups is 1. The molecule has 6 heteroatoms. The highest BCUT2D eigenvalue weighted by molar-refractivity contribution is 7.09. The third kappa shape index (κ3) is 6.05. The van der Waals surface area contributed by atoms with E-state index in [1.54, 1.807) is 0 Å². The fraction of sp³-hybridized carbons (Fsp3) is 0.304. The largest absolute Gasteiger partial charge is 0.486 e. The van der Waals surface area contributed by atoms with E-state index >= 15 is 0 Å². The first kappa shape index (κ1) is 21.3. The van der Waals surface area contributed by atoms with Crippen molar-refractivity contribution in [2.24, 2.45) is 0 Å². The van der Waals surface area contributed by atoms with Crippen LogP contribution in [0.25, 0.3) is 0 Å². The molecule has 29 heavy (non-hydrogen) atoms. The van der Waals surface area contributed by atoms with E-state index in [9.17, 15) is 4.79 Å². The summed E-state index contributed by atoms with van der Waals surface area (Å²) in [5.41, 5.74) is 4.12. The zero-order valence-electron chi connectivity index (χ0n) is 16.9. The van der Waals surface area contributed by atoms with Crippen LogP contribution < -0.4 is 10.1 Å². The minimum absolute atomic E-state index is 0.0387. The minimum atomic E-state index is -0.0389. The first-order valence-electron chi connectivity index (χ1n) is 9.65. The molecule has 1 heterocycles. The lowest BCUT2D eigenvalue weighted by Crippen LogP contribution is -2.28. The number of rotatable bonds is 8. The van der Waals surface area contributed by atoms with Crippen molar-refractivity contribution in [1.82, 2.24) is 10.3 Å². The number of carbonyl (C=O) groups excluding carboxylic acids is 1. The molecule has 0 fully saturated rings. The van der Waals surface area contributed by atoms with Crippen LogP contribution in [0, 0.1) is 6.92 Å². The van der Waals surface area contributed by atoms with Gasteiger partial charge in [-0.05, 0) is 55.2 Å². The number of nitrogens with one attached hydrogen (secondary N) is 1. The van der Waals surface area contributed by atoms with Crippen molar-refractivity contribution >= 4 is 28.8 Å². The fourth-order valence-corrected chi connectivity index (χ4v) is 3.75. The number of aromatic nitrogens is 1. The summed E-state index contributed by atoms with van der Waals surface area (Å²) in [6.45, 7) is 6.43. The normalized spacial score (nSPS) is 11.9. The third-order valence-electron chi connectivity index (χ3n) is 4.70. The molecule has 1 atom stereocenters. The van der Waals surface area contributed by atoms with Gasteiger partial charge in [0.2, 0.25) is 5.91 Å². The van der Waals surface area contributed by atoms with Gasteiger partial charge in [-0.15, -0.1) is 11.3 Å². The molecule has 0 radical (unpaired) electrons. The molecule has 0 saturated heterocycles. The van der Waals surface area contributed by atoms with Crippen LogP contribution in [0.3, 0.4) is 0 Å². The molecular weight excluding hydrogens is 404 g/mol. The number of ether oxygens (including phenoxy) is 1. The van der Waals surface area contributed by atoms with Gasteiger partial charge in [0.05, 0.1) is 18.2 Å².